The highest BCUT2D eigenvalue weighted by molar-refractivity contribution is 6.04. The first-order valence-corrected chi connectivity index (χ1v) is 12.2. The minimum Gasteiger partial charge on any atom is -0.513 e. The number of fused-ring (bicyclic) bond motifs is 1. The number of carbonyl (C=O) groups excluding carboxylic acids is 3. The number of amides is 1. The number of hydrogen-bond donors (Lipinski definition) is 1. The van der Waals surface area contributed by atoms with Gasteiger partial charge in [-0.05, 0) is 26.0 Å². The summed E-state index contributed by atoms with van der Waals surface area (Å²) in [6.07, 6.45) is -0.0940. The molecular formula is C25H28BN5O9. The van der Waals surface area contributed by atoms with Crippen molar-refractivity contribution < 1.29 is 37.7 Å². The van der Waals surface area contributed by atoms with Crippen molar-refractivity contribution in [1.29, 1.82) is 0 Å². The van der Waals surface area contributed by atoms with Crippen molar-refractivity contribution >= 4 is 42.9 Å². The molecule has 0 spiro atoms. The van der Waals surface area contributed by atoms with Gasteiger partial charge in [0, 0.05) is 47.4 Å². The van der Waals surface area contributed by atoms with Gasteiger partial charge in [0.05, 0.1) is 19.3 Å². The normalized spacial score (nSPS) is 10.6. The van der Waals surface area contributed by atoms with E-state index in [1.807, 2.05) is 17.9 Å². The number of nitrogens with one attached hydrogen (secondary N) is 1. The second-order valence-corrected chi connectivity index (χ2v) is 8.40. The minimum absolute atomic E-state index is 0.00489. The molecule has 1 N–H and O–H groups in total. The summed E-state index contributed by atoms with van der Waals surface area (Å²) < 4.78 is 25.8. The molecule has 14 nitrogen and oxygen atoms in total. The summed E-state index contributed by atoms with van der Waals surface area (Å²) in [7, 11) is 4.77. The van der Waals surface area contributed by atoms with E-state index in [4.69, 9.17) is 26.7 Å². The molecule has 3 rings (SSSR count). The zero-order valence-electron chi connectivity index (χ0n) is 22.1. The number of rotatable bonds is 13. The Morgan fingerprint density at radius 1 is 1.18 bits per heavy atom. The number of likely N-dealkylation sites (N-methyl/N-ethyl adjacent to an activating group) is 1. The summed E-state index contributed by atoms with van der Waals surface area (Å²) in [5.41, 5.74) is 1.70. The first kappa shape index (κ1) is 29.7. The fourth-order valence-electron chi connectivity index (χ4n) is 3.52. The summed E-state index contributed by atoms with van der Waals surface area (Å²) in [5.74, 6) is -0.534. The van der Waals surface area contributed by atoms with Crippen molar-refractivity contribution in [2.24, 2.45) is 0 Å². The second kappa shape index (κ2) is 14.4. The molecule has 2 heterocycles. The average Bonchev–Trinajstić information content (AvgIpc) is 3.40. The van der Waals surface area contributed by atoms with Gasteiger partial charge in [-0.2, -0.15) is 0 Å². The van der Waals surface area contributed by atoms with E-state index in [1.165, 1.54) is 13.0 Å². The van der Waals surface area contributed by atoms with Crippen molar-refractivity contribution in [3.8, 4) is 0 Å². The number of alkyl carbamates (subject to hydrolysis) is 1. The van der Waals surface area contributed by atoms with Crippen LogP contribution in [0.1, 0.15) is 25.1 Å². The molecule has 0 aliphatic rings. The molecule has 0 atom stereocenters. The number of esters is 1. The van der Waals surface area contributed by atoms with Crippen LogP contribution in [0, 0.1) is 0 Å². The van der Waals surface area contributed by atoms with Gasteiger partial charge in [0.15, 0.2) is 0 Å². The van der Waals surface area contributed by atoms with E-state index >= 15 is 0 Å². The van der Waals surface area contributed by atoms with Gasteiger partial charge < -0.3 is 33.5 Å². The van der Waals surface area contributed by atoms with E-state index in [2.05, 4.69) is 26.9 Å². The van der Waals surface area contributed by atoms with Gasteiger partial charge in [-0.3, -0.25) is 4.68 Å². The van der Waals surface area contributed by atoms with E-state index in [1.54, 1.807) is 23.0 Å². The number of ether oxygens (including phenoxy) is 3. The molecule has 0 saturated carbocycles. The first-order chi connectivity index (χ1) is 19.2. The standard InChI is InChI=1S/C25H28BN5O9/c1-4-30(19-5-6-20-17(14-38-25(35)40-26)11-22(32)39-21(20)12-19)8-9-31-13-18(28-29-31)15-37-24(34)27-7-10-36-23(33)16(2)3/h5-6,11-13H,2,4,7-10,14-15H2,1,3H3,(H,27,34). The molecule has 3 aromatic rings. The van der Waals surface area contributed by atoms with Gasteiger partial charge in [-0.15, -0.1) is 5.10 Å². The van der Waals surface area contributed by atoms with Crippen LogP contribution in [0.3, 0.4) is 0 Å². The van der Waals surface area contributed by atoms with Crippen LogP contribution >= 0.6 is 0 Å². The third-order valence-corrected chi connectivity index (χ3v) is 5.49. The zero-order valence-corrected chi connectivity index (χ0v) is 22.1. The number of anilines is 1. The lowest BCUT2D eigenvalue weighted by molar-refractivity contribution is -0.138. The third kappa shape index (κ3) is 8.61. The first-order valence-electron chi connectivity index (χ1n) is 12.2. The molecule has 210 valence electrons. The molecule has 1 amide bonds. The van der Waals surface area contributed by atoms with Crippen molar-refractivity contribution in [3.63, 3.8) is 0 Å². The smallest absolute Gasteiger partial charge is 0.489 e. The highest BCUT2D eigenvalue weighted by Crippen LogP contribution is 2.24. The van der Waals surface area contributed by atoms with Crippen LogP contribution in [-0.2, 0) is 43.4 Å². The lowest BCUT2D eigenvalue weighted by Gasteiger charge is -2.23. The van der Waals surface area contributed by atoms with Crippen LogP contribution in [0.4, 0.5) is 15.3 Å². The zero-order chi connectivity index (χ0) is 29.1. The van der Waals surface area contributed by atoms with Crippen molar-refractivity contribution in [2.75, 3.05) is 31.1 Å². The van der Waals surface area contributed by atoms with Gasteiger partial charge in [0.25, 0.3) is 0 Å². The second-order valence-electron chi connectivity index (χ2n) is 8.40. The Morgan fingerprint density at radius 2 is 1.98 bits per heavy atom. The molecule has 0 aliphatic heterocycles. The summed E-state index contributed by atoms with van der Waals surface area (Å²) in [4.78, 5) is 48.4. The Labute approximate surface area is 230 Å². The molecule has 2 radical (unpaired) electrons. The van der Waals surface area contributed by atoms with E-state index in [9.17, 15) is 19.2 Å². The van der Waals surface area contributed by atoms with Crippen LogP contribution in [0.25, 0.3) is 11.0 Å². The lowest BCUT2D eigenvalue weighted by Crippen LogP contribution is -2.28. The number of carbonyl (C=O) groups is 3. The van der Waals surface area contributed by atoms with E-state index in [0.29, 0.717) is 41.9 Å². The number of nitrogens with zero attached hydrogens (tertiary/aromatic N) is 4. The molecule has 0 aliphatic carbocycles. The van der Waals surface area contributed by atoms with Gasteiger partial charge in [-0.25, -0.2) is 19.2 Å². The predicted octanol–water partition coefficient (Wildman–Crippen LogP) is 1.99. The van der Waals surface area contributed by atoms with E-state index < -0.39 is 23.8 Å². The molecule has 0 saturated heterocycles. The maximum atomic E-state index is 12.0. The average molecular weight is 553 g/mol. The van der Waals surface area contributed by atoms with Gasteiger partial charge in [0.1, 0.15) is 31.1 Å². The van der Waals surface area contributed by atoms with Crippen molar-refractivity contribution in [3.05, 3.63) is 64.3 Å². The predicted molar refractivity (Wildman–Crippen MR) is 141 cm³/mol. The molecule has 15 heteroatoms. The van der Waals surface area contributed by atoms with Crippen LogP contribution in [-0.4, -0.2) is 67.5 Å². The topological polar surface area (TPSA) is 164 Å². The van der Waals surface area contributed by atoms with Crippen LogP contribution in [0.15, 0.2) is 51.8 Å². The maximum absolute atomic E-state index is 12.0. The van der Waals surface area contributed by atoms with E-state index in [0.717, 1.165) is 5.69 Å². The molecule has 2 aromatic heterocycles. The summed E-state index contributed by atoms with van der Waals surface area (Å²) in [6, 6.07) is 6.59. The molecule has 0 unspecified atom stereocenters. The summed E-state index contributed by atoms with van der Waals surface area (Å²) >= 11 is 0. The Kier molecular flexibility index (Phi) is 10.7. The molecular weight excluding hydrogens is 525 g/mol. The quantitative estimate of drug-likeness (QED) is 0.0819. The third-order valence-electron chi connectivity index (χ3n) is 5.49. The largest absolute Gasteiger partial charge is 0.513 e. The number of hydrogen-bond acceptors (Lipinski definition) is 12. The Hall–Kier alpha value is -4.82. The van der Waals surface area contributed by atoms with Crippen molar-refractivity contribution in [2.45, 2.75) is 33.6 Å². The minimum atomic E-state index is -1.07. The highest BCUT2D eigenvalue weighted by atomic mass is 16.7. The molecule has 0 bridgehead atoms. The Bertz CT molecular complexity index is 1420. The Balaban J connectivity index is 1.53. The molecule has 40 heavy (non-hydrogen) atoms. The SMILES string of the molecule is [B]OC(=O)OCc1cc(=O)oc2cc(N(CC)CCn3cc(COC(=O)NCCOC(=O)C(=C)C)nn3)ccc12. The van der Waals surface area contributed by atoms with Crippen molar-refractivity contribution in [1.82, 2.24) is 20.3 Å². The summed E-state index contributed by atoms with van der Waals surface area (Å²) in [6.45, 7) is 8.42. The monoisotopic (exact) mass is 553 g/mol. The fraction of sp³-hybridized carbons (Fsp3) is 0.360. The lowest BCUT2D eigenvalue weighted by atomic mass is 10.1. The Morgan fingerprint density at radius 3 is 2.70 bits per heavy atom. The van der Waals surface area contributed by atoms with E-state index in [-0.39, 0.29) is 31.9 Å². The van der Waals surface area contributed by atoms with Gasteiger partial charge >= 0.3 is 31.9 Å². The maximum Gasteiger partial charge on any atom is 0.489 e. The fourth-order valence-corrected chi connectivity index (χ4v) is 3.52. The molecule has 0 fully saturated rings. The van der Waals surface area contributed by atoms with Crippen LogP contribution in [0.5, 0.6) is 0 Å². The highest BCUT2D eigenvalue weighted by Gasteiger charge is 2.13. The van der Waals surface area contributed by atoms with Crippen LogP contribution in [0.2, 0.25) is 0 Å². The number of aromatic nitrogens is 3. The summed E-state index contributed by atoms with van der Waals surface area (Å²) in [5, 5.41) is 11.1. The number of benzene rings is 1. The van der Waals surface area contributed by atoms with Crippen LogP contribution < -0.4 is 15.8 Å². The van der Waals surface area contributed by atoms with Gasteiger partial charge in [-0.1, -0.05) is 11.8 Å². The molecule has 1 aromatic carbocycles. The van der Waals surface area contributed by atoms with Gasteiger partial charge in [0.2, 0.25) is 0 Å².